The number of rotatable bonds is 4. The third-order valence-corrected chi connectivity index (χ3v) is 6.93. The van der Waals surface area contributed by atoms with Gasteiger partial charge < -0.3 is 15.0 Å². The number of alkyl halides is 3. The summed E-state index contributed by atoms with van der Waals surface area (Å²) in [6, 6.07) is 9.59. The first-order valence-corrected chi connectivity index (χ1v) is 11.2. The standard InChI is InChI=1S/C24H27F4N3O/c1-23(29-21-14-19(25)12-18-5-3-9-31(23)22(18)21)15-30-10-7-16(8-11-30)17-4-2-6-20(13-17)32-24(26,27)28/h2,4,6,12-14,16,29H,3,5,7-11,15H2,1H3. The van der Waals surface area contributed by atoms with Gasteiger partial charge in [-0.25, -0.2) is 4.39 Å². The van der Waals surface area contributed by atoms with Crippen molar-refractivity contribution >= 4 is 11.4 Å². The smallest absolute Gasteiger partial charge is 0.406 e. The predicted molar refractivity (Wildman–Crippen MR) is 116 cm³/mol. The van der Waals surface area contributed by atoms with Crippen LogP contribution in [0.15, 0.2) is 36.4 Å². The van der Waals surface area contributed by atoms with E-state index in [9.17, 15) is 17.6 Å². The molecule has 0 aliphatic carbocycles. The Kier molecular flexibility index (Phi) is 5.23. The van der Waals surface area contributed by atoms with Crippen LogP contribution in [0.1, 0.15) is 43.2 Å². The Hall–Kier alpha value is -2.48. The van der Waals surface area contributed by atoms with Crippen LogP contribution in [0.4, 0.5) is 28.9 Å². The molecule has 1 saturated heterocycles. The minimum absolute atomic E-state index is 0.161. The maximum atomic E-state index is 14.1. The minimum Gasteiger partial charge on any atom is -0.406 e. The molecule has 0 saturated carbocycles. The first-order chi connectivity index (χ1) is 15.2. The van der Waals surface area contributed by atoms with Crippen molar-refractivity contribution in [2.75, 3.05) is 36.4 Å². The monoisotopic (exact) mass is 449 g/mol. The van der Waals surface area contributed by atoms with Crippen molar-refractivity contribution in [1.29, 1.82) is 0 Å². The molecule has 1 fully saturated rings. The highest BCUT2D eigenvalue weighted by Crippen LogP contribution is 2.46. The van der Waals surface area contributed by atoms with Crippen LogP contribution < -0.4 is 15.0 Å². The van der Waals surface area contributed by atoms with E-state index in [-0.39, 0.29) is 23.1 Å². The lowest BCUT2D eigenvalue weighted by molar-refractivity contribution is -0.274. The molecule has 0 aromatic heterocycles. The molecule has 172 valence electrons. The van der Waals surface area contributed by atoms with E-state index in [0.717, 1.165) is 74.4 Å². The Labute approximate surface area is 185 Å². The van der Waals surface area contributed by atoms with E-state index in [1.165, 1.54) is 12.1 Å². The summed E-state index contributed by atoms with van der Waals surface area (Å²) < 4.78 is 55.8. The molecule has 1 N–H and O–H groups in total. The number of anilines is 2. The number of aryl methyl sites for hydroxylation is 1. The first kappa shape index (κ1) is 21.4. The number of piperidine rings is 1. The van der Waals surface area contributed by atoms with Gasteiger partial charge in [-0.3, -0.25) is 4.90 Å². The molecule has 0 spiro atoms. The van der Waals surface area contributed by atoms with E-state index in [2.05, 4.69) is 26.8 Å². The van der Waals surface area contributed by atoms with Gasteiger partial charge in [0.15, 0.2) is 0 Å². The van der Waals surface area contributed by atoms with Gasteiger partial charge in [-0.05, 0) is 87.0 Å². The van der Waals surface area contributed by atoms with E-state index in [1.54, 1.807) is 18.2 Å². The molecule has 1 atom stereocenters. The van der Waals surface area contributed by atoms with Crippen molar-refractivity contribution in [2.24, 2.45) is 0 Å². The summed E-state index contributed by atoms with van der Waals surface area (Å²) in [7, 11) is 0. The number of benzene rings is 2. The molecule has 1 unspecified atom stereocenters. The van der Waals surface area contributed by atoms with Crippen molar-refractivity contribution in [3.8, 4) is 5.75 Å². The highest BCUT2D eigenvalue weighted by molar-refractivity contribution is 5.81. The lowest BCUT2D eigenvalue weighted by atomic mass is 9.89. The van der Waals surface area contributed by atoms with E-state index >= 15 is 0 Å². The van der Waals surface area contributed by atoms with Gasteiger partial charge in [-0.1, -0.05) is 12.1 Å². The second-order valence-corrected chi connectivity index (χ2v) is 9.29. The quantitative estimate of drug-likeness (QED) is 0.624. The molecule has 0 amide bonds. The fourth-order valence-corrected chi connectivity index (χ4v) is 5.60. The van der Waals surface area contributed by atoms with Crippen LogP contribution >= 0.6 is 0 Å². The van der Waals surface area contributed by atoms with Crippen LogP contribution in [0.25, 0.3) is 0 Å². The molecule has 3 aliphatic rings. The van der Waals surface area contributed by atoms with Gasteiger partial charge in [0.2, 0.25) is 0 Å². The Morgan fingerprint density at radius 3 is 2.66 bits per heavy atom. The van der Waals surface area contributed by atoms with E-state index in [1.807, 2.05) is 6.07 Å². The van der Waals surface area contributed by atoms with Crippen LogP contribution in [0.5, 0.6) is 5.75 Å². The van der Waals surface area contributed by atoms with E-state index < -0.39 is 6.36 Å². The first-order valence-electron chi connectivity index (χ1n) is 11.2. The Morgan fingerprint density at radius 2 is 1.91 bits per heavy atom. The Morgan fingerprint density at radius 1 is 1.12 bits per heavy atom. The molecule has 5 rings (SSSR count). The molecule has 2 aromatic carbocycles. The van der Waals surface area contributed by atoms with Crippen LogP contribution in [0, 0.1) is 5.82 Å². The minimum atomic E-state index is -4.68. The van der Waals surface area contributed by atoms with Crippen LogP contribution in [-0.2, 0) is 6.42 Å². The number of hydrogen-bond acceptors (Lipinski definition) is 4. The molecule has 0 bridgehead atoms. The number of nitrogens with zero attached hydrogens (tertiary/aromatic N) is 2. The highest BCUT2D eigenvalue weighted by Gasteiger charge is 2.43. The second kappa shape index (κ2) is 7.83. The number of hydrogen-bond donors (Lipinski definition) is 1. The third kappa shape index (κ3) is 4.12. The van der Waals surface area contributed by atoms with Crippen molar-refractivity contribution in [3.63, 3.8) is 0 Å². The molecule has 3 aliphatic heterocycles. The van der Waals surface area contributed by atoms with Crippen LogP contribution in [-0.4, -0.2) is 43.1 Å². The molecule has 0 radical (unpaired) electrons. The predicted octanol–water partition coefficient (Wildman–Crippen LogP) is 5.50. The van der Waals surface area contributed by atoms with Gasteiger partial charge in [0.05, 0.1) is 11.4 Å². The van der Waals surface area contributed by atoms with Crippen molar-refractivity contribution in [1.82, 2.24) is 4.90 Å². The van der Waals surface area contributed by atoms with Gasteiger partial charge in [0.25, 0.3) is 0 Å². The summed E-state index contributed by atoms with van der Waals surface area (Å²) in [6.07, 6.45) is -1.03. The number of likely N-dealkylation sites (tertiary alicyclic amines) is 1. The number of halogens is 4. The van der Waals surface area contributed by atoms with Gasteiger partial charge in [-0.15, -0.1) is 13.2 Å². The zero-order valence-corrected chi connectivity index (χ0v) is 18.0. The average molecular weight is 449 g/mol. The van der Waals surface area contributed by atoms with E-state index in [4.69, 9.17) is 0 Å². The van der Waals surface area contributed by atoms with Crippen LogP contribution in [0.3, 0.4) is 0 Å². The summed E-state index contributed by atoms with van der Waals surface area (Å²) >= 11 is 0. The van der Waals surface area contributed by atoms with Crippen LogP contribution in [0.2, 0.25) is 0 Å². The fraction of sp³-hybridized carbons (Fsp3) is 0.500. The number of ether oxygens (including phenoxy) is 1. The zero-order valence-electron chi connectivity index (χ0n) is 18.0. The van der Waals surface area contributed by atoms with Crippen molar-refractivity contribution < 1.29 is 22.3 Å². The second-order valence-electron chi connectivity index (χ2n) is 9.29. The zero-order chi connectivity index (χ0) is 22.5. The summed E-state index contributed by atoms with van der Waals surface area (Å²) in [6.45, 7) is 5.63. The van der Waals surface area contributed by atoms with Crippen molar-refractivity contribution in [3.05, 3.63) is 53.3 Å². The summed E-state index contributed by atoms with van der Waals surface area (Å²) in [5, 5.41) is 3.57. The summed E-state index contributed by atoms with van der Waals surface area (Å²) in [4.78, 5) is 4.78. The maximum Gasteiger partial charge on any atom is 0.573 e. The van der Waals surface area contributed by atoms with E-state index in [0.29, 0.717) is 0 Å². The van der Waals surface area contributed by atoms with Gasteiger partial charge in [-0.2, -0.15) is 0 Å². The Balaban J connectivity index is 1.24. The summed E-state index contributed by atoms with van der Waals surface area (Å²) in [5.41, 5.74) is 3.66. The highest BCUT2D eigenvalue weighted by atomic mass is 19.4. The summed E-state index contributed by atoms with van der Waals surface area (Å²) in [5.74, 6) is -0.152. The molecule has 32 heavy (non-hydrogen) atoms. The average Bonchev–Trinajstić information content (AvgIpc) is 3.00. The topological polar surface area (TPSA) is 27.7 Å². The lowest BCUT2D eigenvalue weighted by Gasteiger charge is -2.44. The molecule has 2 aromatic rings. The molecular formula is C24H27F4N3O. The largest absolute Gasteiger partial charge is 0.573 e. The SMILES string of the molecule is CC1(CN2CCC(c3cccc(OC(F)(F)F)c3)CC2)Nc2cc(F)cc3c2N1CCC3. The van der Waals surface area contributed by atoms with Crippen molar-refractivity contribution in [2.45, 2.75) is 50.6 Å². The lowest BCUT2D eigenvalue weighted by Crippen LogP contribution is -2.57. The fourth-order valence-electron chi connectivity index (χ4n) is 5.60. The molecule has 4 nitrogen and oxygen atoms in total. The van der Waals surface area contributed by atoms with Gasteiger partial charge in [0, 0.05) is 13.1 Å². The maximum absolute atomic E-state index is 14.1. The Bertz CT molecular complexity index is 1000. The molecule has 3 heterocycles. The normalized spacial score (nSPS) is 23.7. The van der Waals surface area contributed by atoms with Gasteiger partial charge in [0.1, 0.15) is 17.2 Å². The number of nitrogens with one attached hydrogen (secondary N) is 1. The molecular weight excluding hydrogens is 422 g/mol. The molecule has 8 heteroatoms. The van der Waals surface area contributed by atoms with Gasteiger partial charge >= 0.3 is 6.36 Å². The third-order valence-electron chi connectivity index (χ3n) is 6.93.